The number of nitrogens with one attached hydrogen (secondary N) is 2. The van der Waals surface area contributed by atoms with Gasteiger partial charge in [0, 0.05) is 17.3 Å². The van der Waals surface area contributed by atoms with Crippen LogP contribution in [0.5, 0.6) is 0 Å². The van der Waals surface area contributed by atoms with Crippen molar-refractivity contribution in [3.8, 4) is 6.07 Å². The van der Waals surface area contributed by atoms with E-state index in [2.05, 4.69) is 64.9 Å². The maximum absolute atomic E-state index is 13.8. The Hall–Kier alpha value is -4.48. The zero-order valence-corrected chi connectivity index (χ0v) is 24.4. The van der Waals surface area contributed by atoms with Crippen molar-refractivity contribution in [3.63, 3.8) is 0 Å². The van der Waals surface area contributed by atoms with Crippen LogP contribution in [0.15, 0.2) is 79.1 Å². The smallest absolute Gasteiger partial charge is 0.123 e. The molecule has 7 nitrogen and oxygen atoms in total. The summed E-state index contributed by atoms with van der Waals surface area (Å²) < 4.78 is 15.7. The Labute approximate surface area is 249 Å². The van der Waals surface area contributed by atoms with E-state index in [1.807, 2.05) is 41.2 Å². The third-order valence-electron chi connectivity index (χ3n) is 7.59. The third kappa shape index (κ3) is 5.65. The van der Waals surface area contributed by atoms with Gasteiger partial charge in [-0.25, -0.2) is 9.07 Å². The third-order valence-corrected chi connectivity index (χ3v) is 7.88. The SMILES string of the molecule is CC(C)(C)C(Nc1c(C#N)cnc2c(Cl)cc(NC(c3ccc(F)cc3)c3cn(C4CC4)nn3)cc12)c1ccccc1. The molecular weight excluding hydrogens is 549 g/mol. The van der Waals surface area contributed by atoms with E-state index in [1.54, 1.807) is 18.3 Å². The fourth-order valence-electron chi connectivity index (χ4n) is 5.26. The Kier molecular flexibility index (Phi) is 7.29. The van der Waals surface area contributed by atoms with E-state index in [1.165, 1.54) is 12.1 Å². The predicted molar refractivity (Wildman–Crippen MR) is 164 cm³/mol. The monoisotopic (exact) mass is 579 g/mol. The molecule has 2 unspecified atom stereocenters. The Morgan fingerprint density at radius 3 is 2.43 bits per heavy atom. The van der Waals surface area contributed by atoms with Crippen LogP contribution < -0.4 is 10.6 Å². The highest BCUT2D eigenvalue weighted by atomic mass is 35.5. The summed E-state index contributed by atoms with van der Waals surface area (Å²) in [6, 6.07) is 22.5. The van der Waals surface area contributed by atoms with E-state index < -0.39 is 6.04 Å². The lowest BCUT2D eigenvalue weighted by Gasteiger charge is -2.33. The molecule has 1 saturated carbocycles. The molecule has 0 amide bonds. The number of nitrogens with zero attached hydrogens (tertiary/aromatic N) is 5. The number of benzene rings is 3. The molecule has 0 aliphatic heterocycles. The van der Waals surface area contributed by atoms with Crippen molar-refractivity contribution >= 4 is 33.9 Å². The van der Waals surface area contributed by atoms with Gasteiger partial charge >= 0.3 is 0 Å². The number of hydrogen-bond acceptors (Lipinski definition) is 6. The molecule has 0 radical (unpaired) electrons. The second kappa shape index (κ2) is 11.1. The van der Waals surface area contributed by atoms with Crippen LogP contribution in [0.25, 0.3) is 10.9 Å². The van der Waals surface area contributed by atoms with Crippen LogP contribution in [-0.4, -0.2) is 20.0 Å². The minimum absolute atomic E-state index is 0.101. The van der Waals surface area contributed by atoms with Gasteiger partial charge in [0.15, 0.2) is 0 Å². The fraction of sp³-hybridized carbons (Fsp3) is 0.273. The summed E-state index contributed by atoms with van der Waals surface area (Å²) in [7, 11) is 0. The number of anilines is 2. The summed E-state index contributed by atoms with van der Waals surface area (Å²) in [6.45, 7) is 6.49. The first-order valence-electron chi connectivity index (χ1n) is 14.0. The summed E-state index contributed by atoms with van der Waals surface area (Å²) in [5, 5.41) is 27.3. The largest absolute Gasteiger partial charge is 0.376 e. The van der Waals surface area contributed by atoms with E-state index >= 15 is 0 Å². The van der Waals surface area contributed by atoms with Crippen molar-refractivity contribution in [2.45, 2.75) is 51.7 Å². The summed E-state index contributed by atoms with van der Waals surface area (Å²) in [4.78, 5) is 4.54. The predicted octanol–water partition coefficient (Wildman–Crippen LogP) is 8.23. The molecule has 6 rings (SSSR count). The molecule has 3 aromatic carbocycles. The number of hydrogen-bond donors (Lipinski definition) is 2. The first-order valence-corrected chi connectivity index (χ1v) is 14.4. The van der Waals surface area contributed by atoms with E-state index in [0.29, 0.717) is 44.6 Å². The Balaban J connectivity index is 1.45. The number of aromatic nitrogens is 4. The van der Waals surface area contributed by atoms with Gasteiger partial charge in [-0.15, -0.1) is 5.10 Å². The second-order valence-corrected chi connectivity index (χ2v) is 12.3. The number of fused-ring (bicyclic) bond motifs is 1. The Morgan fingerprint density at radius 2 is 1.76 bits per heavy atom. The maximum atomic E-state index is 13.8. The topological polar surface area (TPSA) is 91.5 Å². The minimum atomic E-state index is -0.415. The summed E-state index contributed by atoms with van der Waals surface area (Å²) in [5.41, 5.74) is 4.84. The maximum Gasteiger partial charge on any atom is 0.123 e. The average Bonchev–Trinajstić information content (AvgIpc) is 3.71. The molecule has 2 heterocycles. The molecule has 42 heavy (non-hydrogen) atoms. The van der Waals surface area contributed by atoms with Crippen LogP contribution >= 0.6 is 11.6 Å². The van der Waals surface area contributed by atoms with Gasteiger partial charge in [0.05, 0.1) is 46.1 Å². The van der Waals surface area contributed by atoms with Gasteiger partial charge in [0.25, 0.3) is 0 Å². The van der Waals surface area contributed by atoms with Crippen LogP contribution in [0.4, 0.5) is 15.8 Å². The zero-order valence-electron chi connectivity index (χ0n) is 23.6. The lowest BCUT2D eigenvalue weighted by atomic mass is 9.82. The molecule has 9 heteroatoms. The van der Waals surface area contributed by atoms with Gasteiger partial charge in [-0.1, -0.05) is 80.1 Å². The van der Waals surface area contributed by atoms with Gasteiger partial charge in [0.1, 0.15) is 17.6 Å². The first-order chi connectivity index (χ1) is 20.2. The molecule has 1 aliphatic rings. The molecule has 0 spiro atoms. The number of pyridine rings is 1. The number of nitriles is 1. The first kappa shape index (κ1) is 27.7. The van der Waals surface area contributed by atoms with Crippen molar-refractivity contribution < 1.29 is 4.39 Å². The standard InChI is InChI=1S/C33H31ClFN7/c1-33(2,3)32(21-7-5-4-6-8-21)39-29-22(17-36)18-37-31-26(29)15-24(16-27(31)34)38-30(20-9-11-23(35)12-10-20)28-19-42(41-40-28)25-13-14-25/h4-12,15-16,18-19,25,30,32,38H,13-14H2,1-3H3,(H,37,39). The van der Waals surface area contributed by atoms with Crippen molar-refractivity contribution in [1.82, 2.24) is 20.0 Å². The Bertz CT molecular complexity index is 1770. The lowest BCUT2D eigenvalue weighted by molar-refractivity contribution is 0.347. The van der Waals surface area contributed by atoms with Gasteiger partial charge in [-0.3, -0.25) is 4.98 Å². The molecule has 2 N–H and O–H groups in total. The van der Waals surface area contributed by atoms with Crippen molar-refractivity contribution in [3.05, 3.63) is 112 Å². The molecule has 0 bridgehead atoms. The van der Waals surface area contributed by atoms with Gasteiger partial charge in [-0.05, 0) is 53.6 Å². The Morgan fingerprint density at radius 1 is 1.02 bits per heavy atom. The zero-order chi connectivity index (χ0) is 29.4. The van der Waals surface area contributed by atoms with Crippen molar-refractivity contribution in [2.75, 3.05) is 10.6 Å². The molecule has 212 valence electrons. The van der Waals surface area contributed by atoms with Crippen LogP contribution in [0, 0.1) is 22.6 Å². The summed E-state index contributed by atoms with van der Waals surface area (Å²) >= 11 is 6.83. The summed E-state index contributed by atoms with van der Waals surface area (Å²) in [6.07, 6.45) is 5.67. The molecule has 5 aromatic rings. The molecule has 1 aliphatic carbocycles. The van der Waals surface area contributed by atoms with Gasteiger partial charge in [-0.2, -0.15) is 5.26 Å². The highest BCUT2D eigenvalue weighted by molar-refractivity contribution is 6.35. The van der Waals surface area contributed by atoms with Crippen molar-refractivity contribution in [1.29, 1.82) is 5.26 Å². The van der Waals surface area contributed by atoms with Crippen LogP contribution in [0.1, 0.15) is 74.1 Å². The van der Waals surface area contributed by atoms with E-state index in [0.717, 1.165) is 24.0 Å². The van der Waals surface area contributed by atoms with Crippen molar-refractivity contribution in [2.24, 2.45) is 5.41 Å². The molecule has 2 atom stereocenters. The number of halogens is 2. The second-order valence-electron chi connectivity index (χ2n) is 11.9. The molecule has 1 fully saturated rings. The fourth-order valence-corrected chi connectivity index (χ4v) is 5.53. The normalized spacial score (nSPS) is 14.8. The van der Waals surface area contributed by atoms with Gasteiger partial charge < -0.3 is 10.6 Å². The highest BCUT2D eigenvalue weighted by Gasteiger charge is 2.29. The van der Waals surface area contributed by atoms with E-state index in [-0.39, 0.29) is 17.3 Å². The van der Waals surface area contributed by atoms with E-state index in [9.17, 15) is 9.65 Å². The van der Waals surface area contributed by atoms with Crippen LogP contribution in [0.2, 0.25) is 5.02 Å². The average molecular weight is 580 g/mol. The molecule has 2 aromatic heterocycles. The number of rotatable bonds is 8. The summed E-state index contributed by atoms with van der Waals surface area (Å²) in [5.74, 6) is -0.314. The van der Waals surface area contributed by atoms with Gasteiger partial charge in [0.2, 0.25) is 0 Å². The highest BCUT2D eigenvalue weighted by Crippen LogP contribution is 2.41. The van der Waals surface area contributed by atoms with Crippen LogP contribution in [0.3, 0.4) is 0 Å². The van der Waals surface area contributed by atoms with E-state index in [4.69, 9.17) is 11.6 Å². The quantitative estimate of drug-likeness (QED) is 0.192. The van der Waals surface area contributed by atoms with Crippen LogP contribution in [-0.2, 0) is 0 Å². The molecule has 0 saturated heterocycles. The minimum Gasteiger partial charge on any atom is -0.376 e. The lowest BCUT2D eigenvalue weighted by Crippen LogP contribution is -2.26. The molecular formula is C33H31ClFN7.